The molecule has 27 heavy (non-hydrogen) atoms. The maximum absolute atomic E-state index is 12.5. The number of sulfonamides is 1. The normalized spacial score (nSPS) is 11.1. The smallest absolute Gasteiger partial charge is 0.273 e. The molecule has 0 atom stereocenters. The van der Waals surface area contributed by atoms with Crippen LogP contribution in [0.4, 0.5) is 5.69 Å². The Bertz CT molecular complexity index is 966. The van der Waals surface area contributed by atoms with Gasteiger partial charge in [0, 0.05) is 13.6 Å². The fraction of sp³-hybridized carbons (Fsp3) is 0.167. The summed E-state index contributed by atoms with van der Waals surface area (Å²) in [5, 5.41) is 8.43. The van der Waals surface area contributed by atoms with Crippen molar-refractivity contribution in [1.82, 2.24) is 5.32 Å². The van der Waals surface area contributed by atoms with Gasteiger partial charge in [0.15, 0.2) is 6.61 Å². The Morgan fingerprint density at radius 2 is 1.93 bits per heavy atom. The van der Waals surface area contributed by atoms with Crippen molar-refractivity contribution in [2.24, 2.45) is 0 Å². The Hall–Kier alpha value is -2.36. The van der Waals surface area contributed by atoms with Crippen LogP contribution in [0.5, 0.6) is 5.75 Å². The van der Waals surface area contributed by atoms with Gasteiger partial charge in [-0.2, -0.15) is 11.3 Å². The molecule has 3 aromatic rings. The molecule has 1 N–H and O–H groups in total. The van der Waals surface area contributed by atoms with E-state index in [2.05, 4.69) is 5.32 Å². The Kier molecular flexibility index (Phi) is 6.15. The van der Waals surface area contributed by atoms with Gasteiger partial charge in [0.25, 0.3) is 15.9 Å². The number of nitrogens with one attached hydrogen (secondary N) is 1. The van der Waals surface area contributed by atoms with Gasteiger partial charge in [0.1, 0.15) is 9.96 Å². The summed E-state index contributed by atoms with van der Waals surface area (Å²) in [6, 6.07) is 11.8. The predicted octanol–water partition coefficient (Wildman–Crippen LogP) is 3.33. The molecule has 2 heterocycles. The lowest BCUT2D eigenvalue weighted by Crippen LogP contribution is -2.28. The first-order valence-corrected chi connectivity index (χ1v) is 11.3. The molecule has 0 bridgehead atoms. The van der Waals surface area contributed by atoms with E-state index < -0.39 is 10.0 Å². The van der Waals surface area contributed by atoms with Crippen LogP contribution >= 0.6 is 22.7 Å². The zero-order valence-electron chi connectivity index (χ0n) is 14.5. The summed E-state index contributed by atoms with van der Waals surface area (Å²) in [4.78, 5) is 11.8. The molecule has 9 heteroatoms. The number of thiophene rings is 2. The van der Waals surface area contributed by atoms with Gasteiger partial charge < -0.3 is 10.1 Å². The summed E-state index contributed by atoms with van der Waals surface area (Å²) in [6.45, 7) is 0.364. The number of amides is 1. The van der Waals surface area contributed by atoms with Gasteiger partial charge in [-0.25, -0.2) is 8.42 Å². The topological polar surface area (TPSA) is 75.7 Å². The Morgan fingerprint density at radius 1 is 1.15 bits per heavy atom. The van der Waals surface area contributed by atoms with Crippen molar-refractivity contribution in [2.45, 2.75) is 10.8 Å². The second-order valence-electron chi connectivity index (χ2n) is 5.60. The molecule has 0 radical (unpaired) electrons. The van der Waals surface area contributed by atoms with Gasteiger partial charge >= 0.3 is 0 Å². The number of benzene rings is 1. The molecule has 142 valence electrons. The zero-order chi connectivity index (χ0) is 19.3. The largest absolute Gasteiger partial charge is 0.484 e. The molecule has 0 fully saturated rings. The highest BCUT2D eigenvalue weighted by atomic mass is 32.2. The van der Waals surface area contributed by atoms with Crippen molar-refractivity contribution in [1.29, 1.82) is 0 Å². The van der Waals surface area contributed by atoms with Crippen LogP contribution in [0.3, 0.4) is 0 Å². The van der Waals surface area contributed by atoms with E-state index >= 15 is 0 Å². The summed E-state index contributed by atoms with van der Waals surface area (Å²) < 4.78 is 32.0. The van der Waals surface area contributed by atoms with Gasteiger partial charge in [-0.3, -0.25) is 9.10 Å². The van der Waals surface area contributed by atoms with Crippen LogP contribution in [0.2, 0.25) is 0 Å². The number of carbonyl (C=O) groups excluding carboxylic acids is 1. The minimum absolute atomic E-state index is 0.104. The summed E-state index contributed by atoms with van der Waals surface area (Å²) in [5.41, 5.74) is 1.56. The molecule has 0 unspecified atom stereocenters. The molecule has 0 aliphatic heterocycles. The van der Waals surface area contributed by atoms with E-state index in [1.54, 1.807) is 53.1 Å². The van der Waals surface area contributed by atoms with Gasteiger partial charge in [0.05, 0.1) is 5.69 Å². The highest BCUT2D eigenvalue weighted by Crippen LogP contribution is 2.26. The number of carbonyl (C=O) groups is 1. The Balaban J connectivity index is 1.55. The van der Waals surface area contributed by atoms with Crippen LogP contribution in [0, 0.1) is 0 Å². The van der Waals surface area contributed by atoms with Crippen LogP contribution in [-0.2, 0) is 21.4 Å². The second kappa shape index (κ2) is 8.55. The molecule has 1 amide bonds. The first-order chi connectivity index (χ1) is 13.0. The number of rotatable bonds is 8. The quantitative estimate of drug-likeness (QED) is 0.604. The average Bonchev–Trinajstić information content (AvgIpc) is 3.38. The van der Waals surface area contributed by atoms with E-state index in [0.29, 0.717) is 18.0 Å². The third-order valence-corrected chi connectivity index (χ3v) is 7.64. The highest BCUT2D eigenvalue weighted by molar-refractivity contribution is 7.94. The molecule has 0 aliphatic rings. The third kappa shape index (κ3) is 4.88. The van der Waals surface area contributed by atoms with Crippen molar-refractivity contribution in [3.05, 3.63) is 64.2 Å². The molecule has 6 nitrogen and oxygen atoms in total. The summed E-state index contributed by atoms with van der Waals surface area (Å²) >= 11 is 2.75. The maximum Gasteiger partial charge on any atom is 0.273 e. The van der Waals surface area contributed by atoms with Crippen LogP contribution in [-0.4, -0.2) is 28.0 Å². The monoisotopic (exact) mass is 422 g/mol. The SMILES string of the molecule is CN(c1ccc(OCC(=O)NCc2ccsc2)cc1)S(=O)(=O)c1cccs1. The van der Waals surface area contributed by atoms with Crippen LogP contribution < -0.4 is 14.4 Å². The molecule has 0 saturated heterocycles. The summed E-state index contributed by atoms with van der Waals surface area (Å²) in [5.74, 6) is 0.272. The van der Waals surface area contributed by atoms with Crippen molar-refractivity contribution in [3.8, 4) is 5.75 Å². The maximum atomic E-state index is 12.5. The molecule has 3 rings (SSSR count). The predicted molar refractivity (Wildman–Crippen MR) is 108 cm³/mol. The van der Waals surface area contributed by atoms with Gasteiger partial charge in [-0.05, 0) is 58.1 Å². The van der Waals surface area contributed by atoms with Crippen LogP contribution in [0.15, 0.2) is 62.8 Å². The Morgan fingerprint density at radius 3 is 2.56 bits per heavy atom. The van der Waals surface area contributed by atoms with E-state index in [9.17, 15) is 13.2 Å². The lowest BCUT2D eigenvalue weighted by atomic mass is 10.3. The number of hydrogen-bond donors (Lipinski definition) is 1. The Labute approximate surface area is 166 Å². The molecular formula is C18H18N2O4S3. The molecule has 0 spiro atoms. The molecule has 0 saturated carbocycles. The fourth-order valence-corrected chi connectivity index (χ4v) is 5.26. The van der Waals surface area contributed by atoms with Gasteiger partial charge in [-0.15, -0.1) is 11.3 Å². The highest BCUT2D eigenvalue weighted by Gasteiger charge is 2.22. The third-order valence-electron chi connectivity index (χ3n) is 3.75. The van der Waals surface area contributed by atoms with E-state index in [-0.39, 0.29) is 16.7 Å². The first-order valence-electron chi connectivity index (χ1n) is 8.00. The van der Waals surface area contributed by atoms with Crippen molar-refractivity contribution < 1.29 is 17.9 Å². The first kappa shape index (κ1) is 19.4. The van der Waals surface area contributed by atoms with Crippen molar-refractivity contribution >= 4 is 44.3 Å². The van der Waals surface area contributed by atoms with Crippen molar-refractivity contribution in [2.75, 3.05) is 18.0 Å². The van der Waals surface area contributed by atoms with E-state index in [1.807, 2.05) is 16.8 Å². The lowest BCUT2D eigenvalue weighted by molar-refractivity contribution is -0.123. The molecule has 0 aliphatic carbocycles. The summed E-state index contributed by atoms with van der Waals surface area (Å²) in [7, 11) is -2.07. The van der Waals surface area contributed by atoms with Gasteiger partial charge in [-0.1, -0.05) is 6.07 Å². The zero-order valence-corrected chi connectivity index (χ0v) is 16.9. The van der Waals surface area contributed by atoms with Crippen LogP contribution in [0.25, 0.3) is 0 Å². The standard InChI is InChI=1S/C18H18N2O4S3/c1-20(27(22,23)18-3-2-9-26-18)15-4-6-16(7-5-15)24-12-17(21)19-11-14-8-10-25-13-14/h2-10,13H,11-12H2,1H3,(H,19,21). The summed E-state index contributed by atoms with van der Waals surface area (Å²) in [6.07, 6.45) is 0. The minimum atomic E-state index is -3.57. The molecule has 2 aromatic heterocycles. The van der Waals surface area contributed by atoms with Crippen LogP contribution in [0.1, 0.15) is 5.56 Å². The molecular weight excluding hydrogens is 404 g/mol. The second-order valence-corrected chi connectivity index (χ2v) is 9.52. The van der Waals surface area contributed by atoms with E-state index in [1.165, 1.54) is 22.7 Å². The number of ether oxygens (including phenoxy) is 1. The lowest BCUT2D eigenvalue weighted by Gasteiger charge is -2.18. The fourth-order valence-electron chi connectivity index (χ4n) is 2.23. The van der Waals surface area contributed by atoms with E-state index in [4.69, 9.17) is 4.74 Å². The van der Waals surface area contributed by atoms with Crippen molar-refractivity contribution in [3.63, 3.8) is 0 Å². The minimum Gasteiger partial charge on any atom is -0.484 e. The average molecular weight is 423 g/mol. The molecule has 1 aromatic carbocycles. The number of hydrogen-bond acceptors (Lipinski definition) is 6. The number of anilines is 1. The van der Waals surface area contributed by atoms with E-state index in [0.717, 1.165) is 5.56 Å². The number of nitrogens with zero attached hydrogens (tertiary/aromatic N) is 1. The van der Waals surface area contributed by atoms with Gasteiger partial charge in [0.2, 0.25) is 0 Å².